The molecule has 1 aromatic carbocycles. The Hall–Kier alpha value is -2.33. The third-order valence-electron chi connectivity index (χ3n) is 4.98. The minimum absolute atomic E-state index is 0.0911. The Morgan fingerprint density at radius 3 is 2.75 bits per heavy atom. The van der Waals surface area contributed by atoms with Gasteiger partial charge in [0.2, 0.25) is 0 Å². The number of carbonyl (C=O) groups excluding carboxylic acids is 1. The summed E-state index contributed by atoms with van der Waals surface area (Å²) in [5.41, 5.74) is 6.50. The number of rotatable bonds is 4. The van der Waals surface area contributed by atoms with Crippen LogP contribution >= 0.6 is 0 Å². The van der Waals surface area contributed by atoms with Gasteiger partial charge in [0.05, 0.1) is 11.7 Å². The number of ether oxygens (including phenoxy) is 1. The molecule has 128 valence electrons. The highest BCUT2D eigenvalue weighted by molar-refractivity contribution is 5.94. The van der Waals surface area contributed by atoms with Crippen molar-refractivity contribution >= 4 is 11.6 Å². The van der Waals surface area contributed by atoms with Crippen LogP contribution in [0.5, 0.6) is 0 Å². The van der Waals surface area contributed by atoms with E-state index >= 15 is 4.39 Å². The van der Waals surface area contributed by atoms with Gasteiger partial charge < -0.3 is 20.3 Å². The molecule has 24 heavy (non-hydrogen) atoms. The van der Waals surface area contributed by atoms with Crippen molar-refractivity contribution in [3.8, 4) is 6.19 Å². The minimum Gasteiger partial charge on any atom is -0.380 e. The van der Waals surface area contributed by atoms with Gasteiger partial charge in [-0.2, -0.15) is 5.26 Å². The van der Waals surface area contributed by atoms with E-state index in [2.05, 4.69) is 11.1 Å². The highest BCUT2D eigenvalue weighted by Gasteiger charge is 2.33. The molecule has 0 unspecified atom stereocenters. The van der Waals surface area contributed by atoms with Gasteiger partial charge in [-0.15, -0.1) is 0 Å². The van der Waals surface area contributed by atoms with Crippen LogP contribution in [0.3, 0.4) is 0 Å². The largest absolute Gasteiger partial charge is 0.380 e. The van der Waals surface area contributed by atoms with Gasteiger partial charge in [-0.3, -0.25) is 4.79 Å². The summed E-state index contributed by atoms with van der Waals surface area (Å²) in [6.07, 6.45) is 3.79. The Balaban J connectivity index is 2.01. The number of anilines is 1. The normalized spacial score (nSPS) is 23.5. The Bertz CT molecular complexity index is 688. The van der Waals surface area contributed by atoms with Crippen molar-refractivity contribution in [3.63, 3.8) is 0 Å². The molecule has 0 saturated carbocycles. The van der Waals surface area contributed by atoms with Gasteiger partial charge in [0, 0.05) is 50.5 Å². The second-order valence-electron chi connectivity index (χ2n) is 6.35. The van der Waals surface area contributed by atoms with Crippen molar-refractivity contribution in [3.05, 3.63) is 29.1 Å². The molecule has 2 saturated heterocycles. The number of halogens is 1. The SMILES string of the molecule is CO[C@@H]1CCN(c2ccc(C(N)=O)c(F)c2[C@H]2CCN(C#N)C2)C1. The van der Waals surface area contributed by atoms with Crippen LogP contribution in [0.25, 0.3) is 0 Å². The van der Waals surface area contributed by atoms with Crippen LogP contribution in [0.4, 0.5) is 10.1 Å². The molecular formula is C17H21FN4O2. The van der Waals surface area contributed by atoms with Crippen LogP contribution in [0.15, 0.2) is 12.1 Å². The van der Waals surface area contributed by atoms with Crippen molar-refractivity contribution in [2.75, 3.05) is 38.2 Å². The van der Waals surface area contributed by atoms with E-state index in [1.165, 1.54) is 6.07 Å². The number of nitrogens with two attached hydrogens (primary N) is 1. The van der Waals surface area contributed by atoms with Crippen LogP contribution in [0, 0.1) is 17.3 Å². The number of nitriles is 1. The molecule has 1 aromatic rings. The van der Waals surface area contributed by atoms with Gasteiger partial charge >= 0.3 is 0 Å². The molecule has 2 fully saturated rings. The maximum Gasteiger partial charge on any atom is 0.251 e. The minimum atomic E-state index is -0.772. The maximum atomic E-state index is 15.0. The Kier molecular flexibility index (Phi) is 4.58. The molecule has 0 radical (unpaired) electrons. The Labute approximate surface area is 140 Å². The molecule has 2 aliphatic heterocycles. The van der Waals surface area contributed by atoms with E-state index in [0.29, 0.717) is 31.6 Å². The van der Waals surface area contributed by atoms with Crippen molar-refractivity contribution in [2.24, 2.45) is 5.73 Å². The van der Waals surface area contributed by atoms with Crippen LogP contribution in [-0.2, 0) is 4.74 Å². The number of benzene rings is 1. The number of likely N-dealkylation sites (tertiary alicyclic amines) is 1. The molecule has 0 bridgehead atoms. The number of methoxy groups -OCH3 is 1. The lowest BCUT2D eigenvalue weighted by molar-refractivity contribution is 0.0996. The predicted molar refractivity (Wildman–Crippen MR) is 87.1 cm³/mol. The monoisotopic (exact) mass is 332 g/mol. The van der Waals surface area contributed by atoms with E-state index in [1.54, 1.807) is 18.1 Å². The average molecular weight is 332 g/mol. The van der Waals surface area contributed by atoms with E-state index in [1.807, 2.05) is 0 Å². The lowest BCUT2D eigenvalue weighted by atomic mass is 9.93. The first-order valence-corrected chi connectivity index (χ1v) is 8.09. The van der Waals surface area contributed by atoms with E-state index in [-0.39, 0.29) is 17.6 Å². The van der Waals surface area contributed by atoms with E-state index in [0.717, 1.165) is 18.7 Å². The molecule has 0 aromatic heterocycles. The smallest absolute Gasteiger partial charge is 0.251 e. The Morgan fingerprint density at radius 1 is 1.38 bits per heavy atom. The highest BCUT2D eigenvalue weighted by Crippen LogP contribution is 2.38. The zero-order valence-corrected chi connectivity index (χ0v) is 13.7. The number of carbonyl (C=O) groups is 1. The molecule has 0 spiro atoms. The highest BCUT2D eigenvalue weighted by atomic mass is 19.1. The van der Waals surface area contributed by atoms with Crippen LogP contribution in [0.1, 0.15) is 34.7 Å². The predicted octanol–water partition coefficient (Wildman–Crippen LogP) is 1.42. The molecule has 0 aliphatic carbocycles. The molecule has 2 atom stereocenters. The van der Waals surface area contributed by atoms with Gasteiger partial charge in [0.15, 0.2) is 6.19 Å². The molecular weight excluding hydrogens is 311 g/mol. The first-order valence-electron chi connectivity index (χ1n) is 8.09. The number of hydrogen-bond acceptors (Lipinski definition) is 5. The summed E-state index contributed by atoms with van der Waals surface area (Å²) >= 11 is 0. The standard InChI is InChI=1S/C17H21FN4O2/c1-24-12-5-7-22(9-12)14-3-2-13(17(20)23)16(18)15(14)11-4-6-21(8-11)10-19/h2-3,11-12H,4-9H2,1H3,(H2,20,23)/t11-,12+/m0/s1. The third-order valence-corrected chi connectivity index (χ3v) is 4.98. The van der Waals surface area contributed by atoms with Crippen LogP contribution in [0.2, 0.25) is 0 Å². The summed E-state index contributed by atoms with van der Waals surface area (Å²) < 4.78 is 20.4. The van der Waals surface area contributed by atoms with Gasteiger partial charge in [-0.1, -0.05) is 0 Å². The summed E-state index contributed by atoms with van der Waals surface area (Å²) in [4.78, 5) is 15.2. The average Bonchev–Trinajstić information content (AvgIpc) is 3.23. The molecule has 1 amide bonds. The fourth-order valence-corrected chi connectivity index (χ4v) is 3.66. The molecule has 2 heterocycles. The second-order valence-corrected chi connectivity index (χ2v) is 6.35. The molecule has 2 N–H and O–H groups in total. The molecule has 6 nitrogen and oxygen atoms in total. The fourth-order valence-electron chi connectivity index (χ4n) is 3.66. The van der Waals surface area contributed by atoms with Crippen LogP contribution in [-0.4, -0.2) is 50.2 Å². The van der Waals surface area contributed by atoms with E-state index in [9.17, 15) is 4.79 Å². The first-order chi connectivity index (χ1) is 11.5. The van der Waals surface area contributed by atoms with Crippen molar-refractivity contribution in [1.82, 2.24) is 4.90 Å². The Morgan fingerprint density at radius 2 is 2.17 bits per heavy atom. The summed E-state index contributed by atoms with van der Waals surface area (Å²) in [5.74, 6) is -1.45. The van der Waals surface area contributed by atoms with Crippen molar-refractivity contribution in [2.45, 2.75) is 24.9 Å². The van der Waals surface area contributed by atoms with Crippen molar-refractivity contribution < 1.29 is 13.9 Å². The quantitative estimate of drug-likeness (QED) is 0.843. The second kappa shape index (κ2) is 6.65. The lowest BCUT2D eigenvalue weighted by Crippen LogP contribution is -2.26. The lowest BCUT2D eigenvalue weighted by Gasteiger charge is -2.25. The van der Waals surface area contributed by atoms with E-state index in [4.69, 9.17) is 15.7 Å². The number of amides is 1. The number of primary amides is 1. The topological polar surface area (TPSA) is 82.6 Å². The molecule has 3 rings (SSSR count). The first kappa shape index (κ1) is 16.5. The van der Waals surface area contributed by atoms with Crippen LogP contribution < -0.4 is 10.6 Å². The summed E-state index contributed by atoms with van der Waals surface area (Å²) in [6, 6.07) is 3.22. The third kappa shape index (κ3) is 2.89. The summed E-state index contributed by atoms with van der Waals surface area (Å²) in [7, 11) is 1.67. The van der Waals surface area contributed by atoms with Gasteiger partial charge in [0.25, 0.3) is 5.91 Å². The van der Waals surface area contributed by atoms with Gasteiger partial charge in [-0.05, 0) is 25.0 Å². The number of nitrogens with zero attached hydrogens (tertiary/aromatic N) is 3. The maximum absolute atomic E-state index is 15.0. The molecule has 7 heteroatoms. The van der Waals surface area contributed by atoms with Gasteiger partial charge in [-0.25, -0.2) is 4.39 Å². The van der Waals surface area contributed by atoms with E-state index < -0.39 is 11.7 Å². The fraction of sp³-hybridized carbons (Fsp3) is 0.529. The van der Waals surface area contributed by atoms with Gasteiger partial charge in [0.1, 0.15) is 5.82 Å². The summed E-state index contributed by atoms with van der Waals surface area (Å²) in [6.45, 7) is 2.52. The summed E-state index contributed by atoms with van der Waals surface area (Å²) in [5, 5.41) is 9.07. The number of hydrogen-bond donors (Lipinski definition) is 1. The zero-order chi connectivity index (χ0) is 17.3. The zero-order valence-electron chi connectivity index (χ0n) is 13.7. The van der Waals surface area contributed by atoms with Crippen molar-refractivity contribution in [1.29, 1.82) is 5.26 Å². The molecule has 2 aliphatic rings.